The Morgan fingerprint density at radius 3 is 2.75 bits per heavy atom. The van der Waals surface area contributed by atoms with E-state index in [2.05, 4.69) is 15.3 Å². The van der Waals surface area contributed by atoms with Gasteiger partial charge in [0.1, 0.15) is 11.5 Å². The first kappa shape index (κ1) is 15.0. The van der Waals surface area contributed by atoms with Crippen LogP contribution in [0.25, 0.3) is 22.3 Å². The average Bonchev–Trinajstić information content (AvgIpc) is 2.94. The van der Waals surface area contributed by atoms with E-state index in [0.717, 1.165) is 16.6 Å². The number of aryl methyl sites for hydroxylation is 1. The molecule has 0 spiro atoms. The summed E-state index contributed by atoms with van der Waals surface area (Å²) in [5.74, 6) is -0.327. The van der Waals surface area contributed by atoms with Crippen molar-refractivity contribution in [2.24, 2.45) is 7.05 Å². The molecule has 6 heteroatoms. The van der Waals surface area contributed by atoms with Gasteiger partial charge < -0.3 is 0 Å². The second kappa shape index (κ2) is 5.83. The van der Waals surface area contributed by atoms with E-state index in [9.17, 15) is 4.39 Å². The molecule has 0 saturated heterocycles. The number of allylic oxidation sites excluding steroid dienone is 4. The zero-order valence-corrected chi connectivity index (χ0v) is 13.7. The summed E-state index contributed by atoms with van der Waals surface area (Å²) in [6.45, 7) is 0. The summed E-state index contributed by atoms with van der Waals surface area (Å²) in [7, 11) is 1.79. The minimum atomic E-state index is -0.164. The monoisotopic (exact) mass is 340 g/mol. The highest BCUT2D eigenvalue weighted by molar-refractivity contribution is 6.37. The Kier molecular flexibility index (Phi) is 3.65. The Balaban J connectivity index is 1.93. The molecule has 4 rings (SSSR count). The van der Waals surface area contributed by atoms with E-state index in [4.69, 9.17) is 11.6 Å². The molecule has 1 aliphatic rings. The molecule has 0 bridgehead atoms. The maximum Gasteiger partial charge on any atom is 0.181 e. The number of nitrogens with zero attached hydrogens (tertiary/aromatic N) is 4. The zero-order chi connectivity index (χ0) is 16.7. The van der Waals surface area contributed by atoms with Gasteiger partial charge in [0.15, 0.2) is 5.65 Å². The third kappa shape index (κ3) is 2.41. The maximum absolute atomic E-state index is 13.7. The molecular weight excluding hydrogens is 327 g/mol. The number of rotatable bonds is 2. The Morgan fingerprint density at radius 1 is 1.21 bits per heavy atom. The van der Waals surface area contributed by atoms with E-state index < -0.39 is 0 Å². The molecule has 4 nitrogen and oxygen atoms in total. The summed E-state index contributed by atoms with van der Waals surface area (Å²) in [4.78, 5) is 0. The molecule has 3 aromatic rings. The third-order valence-corrected chi connectivity index (χ3v) is 4.52. The van der Waals surface area contributed by atoms with Crippen molar-refractivity contribution in [2.75, 3.05) is 0 Å². The van der Waals surface area contributed by atoms with Crippen molar-refractivity contribution in [1.29, 1.82) is 0 Å². The van der Waals surface area contributed by atoms with E-state index in [-0.39, 0.29) is 18.2 Å². The van der Waals surface area contributed by atoms with Gasteiger partial charge in [-0.15, -0.1) is 10.2 Å². The highest BCUT2D eigenvalue weighted by Crippen LogP contribution is 2.38. The average molecular weight is 341 g/mol. The summed E-state index contributed by atoms with van der Waals surface area (Å²) in [5, 5.41) is 14.3. The Hall–Kier alpha value is -2.53. The highest BCUT2D eigenvalue weighted by Gasteiger charge is 2.24. The molecule has 1 aromatic carbocycles. The number of hydrogen-bond donors (Lipinski definition) is 0. The molecule has 24 heavy (non-hydrogen) atoms. The number of benzene rings is 1. The predicted molar refractivity (Wildman–Crippen MR) is 92.4 cm³/mol. The molecule has 2 heterocycles. The van der Waals surface area contributed by atoms with Crippen molar-refractivity contribution in [3.05, 3.63) is 65.1 Å². The third-order valence-electron chi connectivity index (χ3n) is 4.15. The van der Waals surface area contributed by atoms with Crippen molar-refractivity contribution >= 4 is 22.6 Å². The number of hydrogen-bond acceptors (Lipinski definition) is 3. The number of aromatic nitrogens is 4. The van der Waals surface area contributed by atoms with Crippen LogP contribution in [0.4, 0.5) is 4.39 Å². The topological polar surface area (TPSA) is 43.6 Å². The first-order chi connectivity index (χ1) is 11.6. The fraction of sp³-hybridized carbons (Fsp3) is 0.167. The van der Waals surface area contributed by atoms with Gasteiger partial charge in [-0.2, -0.15) is 5.10 Å². The lowest BCUT2D eigenvalue weighted by Crippen LogP contribution is -2.01. The molecule has 120 valence electrons. The van der Waals surface area contributed by atoms with Crippen LogP contribution in [-0.2, 0) is 7.05 Å². The molecule has 2 aromatic heterocycles. The van der Waals surface area contributed by atoms with Crippen LogP contribution in [0.3, 0.4) is 0 Å². The predicted octanol–water partition coefficient (Wildman–Crippen LogP) is 4.58. The summed E-state index contributed by atoms with van der Waals surface area (Å²) in [6, 6.07) is 9.64. The van der Waals surface area contributed by atoms with Crippen LogP contribution in [0.2, 0.25) is 5.02 Å². The second-order valence-electron chi connectivity index (χ2n) is 5.75. The molecule has 0 fully saturated rings. The van der Waals surface area contributed by atoms with E-state index in [0.29, 0.717) is 16.4 Å². The van der Waals surface area contributed by atoms with Gasteiger partial charge in [-0.05, 0) is 6.08 Å². The molecule has 0 N–H and O–H groups in total. The smallest absolute Gasteiger partial charge is 0.181 e. The lowest BCUT2D eigenvalue weighted by atomic mass is 9.94. The van der Waals surface area contributed by atoms with Crippen LogP contribution >= 0.6 is 11.6 Å². The normalized spacial score (nSPS) is 17.3. The summed E-state index contributed by atoms with van der Waals surface area (Å²) in [6.07, 6.45) is 5.40. The molecule has 0 radical (unpaired) electrons. The van der Waals surface area contributed by atoms with E-state index in [1.54, 1.807) is 17.8 Å². The number of halogens is 2. The van der Waals surface area contributed by atoms with E-state index in [1.807, 2.05) is 36.4 Å². The molecule has 1 unspecified atom stereocenters. The van der Waals surface area contributed by atoms with E-state index in [1.165, 1.54) is 6.08 Å². The molecule has 1 atom stereocenters. The fourth-order valence-electron chi connectivity index (χ4n) is 2.99. The van der Waals surface area contributed by atoms with Crippen LogP contribution < -0.4 is 0 Å². The van der Waals surface area contributed by atoms with Crippen molar-refractivity contribution in [3.8, 4) is 11.3 Å². The molecule has 0 saturated carbocycles. The maximum atomic E-state index is 13.7. The van der Waals surface area contributed by atoms with Gasteiger partial charge in [-0.25, -0.2) is 9.07 Å². The second-order valence-corrected chi connectivity index (χ2v) is 6.12. The van der Waals surface area contributed by atoms with Gasteiger partial charge in [0.05, 0.1) is 16.1 Å². The Bertz CT molecular complexity index is 976. The van der Waals surface area contributed by atoms with Crippen LogP contribution in [0.1, 0.15) is 18.0 Å². The van der Waals surface area contributed by atoms with Gasteiger partial charge in [-0.3, -0.25) is 0 Å². The van der Waals surface area contributed by atoms with Crippen LogP contribution in [0.15, 0.2) is 54.4 Å². The first-order valence-corrected chi connectivity index (χ1v) is 8.00. The lowest BCUT2D eigenvalue weighted by molar-refractivity contribution is 0.558. The number of fused-ring (bicyclic) bond motifs is 1. The fourth-order valence-corrected chi connectivity index (χ4v) is 3.32. The first-order valence-electron chi connectivity index (χ1n) is 7.62. The summed E-state index contributed by atoms with van der Waals surface area (Å²) >= 11 is 6.66. The SMILES string of the molecule is Cn1nc(C2C=CC=C(F)C2)c2c(Cl)c(-c3ccccc3)nnc21. The summed E-state index contributed by atoms with van der Waals surface area (Å²) < 4.78 is 15.3. The quantitative estimate of drug-likeness (QED) is 0.685. The van der Waals surface area contributed by atoms with Gasteiger partial charge in [0.2, 0.25) is 0 Å². The molecule has 1 aliphatic carbocycles. The minimum Gasteiger partial charge on any atom is -0.249 e. The Labute approximate surface area is 143 Å². The minimum absolute atomic E-state index is 0.163. The van der Waals surface area contributed by atoms with Crippen LogP contribution in [0.5, 0.6) is 0 Å². The van der Waals surface area contributed by atoms with Gasteiger partial charge >= 0.3 is 0 Å². The largest absolute Gasteiger partial charge is 0.249 e. The van der Waals surface area contributed by atoms with Gasteiger partial charge in [0, 0.05) is 24.9 Å². The highest BCUT2D eigenvalue weighted by atomic mass is 35.5. The summed E-state index contributed by atoms with van der Waals surface area (Å²) in [5.41, 5.74) is 2.81. The lowest BCUT2D eigenvalue weighted by Gasteiger charge is -2.13. The van der Waals surface area contributed by atoms with Crippen LogP contribution in [0, 0.1) is 0 Å². The van der Waals surface area contributed by atoms with Crippen molar-refractivity contribution in [1.82, 2.24) is 20.0 Å². The van der Waals surface area contributed by atoms with Crippen molar-refractivity contribution in [3.63, 3.8) is 0 Å². The van der Waals surface area contributed by atoms with Gasteiger partial charge in [-0.1, -0.05) is 54.1 Å². The van der Waals surface area contributed by atoms with Crippen molar-refractivity contribution < 1.29 is 4.39 Å². The molecule has 0 amide bonds. The van der Waals surface area contributed by atoms with Crippen molar-refractivity contribution in [2.45, 2.75) is 12.3 Å². The molecule has 0 aliphatic heterocycles. The standard InChI is InChI=1S/C18H14ClFN4/c1-24-18-14(16(23-24)12-8-5-9-13(20)10-12)15(19)17(21-22-18)11-6-3-2-4-7-11/h2-9,12H,10H2,1H3. The Morgan fingerprint density at radius 2 is 2.00 bits per heavy atom. The van der Waals surface area contributed by atoms with Gasteiger partial charge in [0.25, 0.3) is 0 Å². The molecular formula is C18H14ClFN4. The van der Waals surface area contributed by atoms with Crippen LogP contribution in [-0.4, -0.2) is 20.0 Å². The van der Waals surface area contributed by atoms with E-state index >= 15 is 0 Å². The zero-order valence-electron chi connectivity index (χ0n) is 12.9.